The number of rotatable bonds is 3. The average Bonchev–Trinajstić information content (AvgIpc) is 2.66. The molecule has 0 aliphatic carbocycles. The molecule has 1 heterocycles. The number of nitrogen functional groups attached to an aromatic ring is 2. The fourth-order valence-corrected chi connectivity index (χ4v) is 3.00. The standard InChI is InChI=1S/C16H19N5O3/c17-19-15(22)12-9-13(21-5-7-24-8-6-21)10-3-1-2-4-11(10)14(12)16(23)20-18/h1-4,9H,5-8,17-18H2,(H,19,22)(H,20,23). The van der Waals surface area contributed by atoms with Gasteiger partial charge in [0, 0.05) is 24.2 Å². The fraction of sp³-hybridized carbons (Fsp3) is 0.250. The van der Waals surface area contributed by atoms with Gasteiger partial charge in [0.15, 0.2) is 0 Å². The number of nitrogens with two attached hydrogens (primary N) is 2. The molecule has 6 N–H and O–H groups in total. The van der Waals surface area contributed by atoms with Gasteiger partial charge in [-0.3, -0.25) is 20.4 Å². The lowest BCUT2D eigenvalue weighted by molar-refractivity contribution is 0.0921. The first-order valence-electron chi connectivity index (χ1n) is 7.57. The number of fused-ring (bicyclic) bond motifs is 1. The molecule has 2 amide bonds. The van der Waals surface area contributed by atoms with Crippen LogP contribution in [-0.2, 0) is 4.74 Å². The Bertz CT molecular complexity index is 787. The number of amides is 2. The number of hydrazine groups is 2. The molecule has 8 heteroatoms. The van der Waals surface area contributed by atoms with Crippen LogP contribution in [0.4, 0.5) is 5.69 Å². The molecule has 1 saturated heterocycles. The van der Waals surface area contributed by atoms with E-state index in [-0.39, 0.29) is 11.1 Å². The summed E-state index contributed by atoms with van der Waals surface area (Å²) in [5, 5.41) is 1.51. The molecule has 0 aromatic heterocycles. The zero-order valence-electron chi connectivity index (χ0n) is 13.0. The van der Waals surface area contributed by atoms with E-state index in [0.717, 1.165) is 11.1 Å². The van der Waals surface area contributed by atoms with Crippen LogP contribution in [0.3, 0.4) is 0 Å². The number of carbonyl (C=O) groups is 2. The highest BCUT2D eigenvalue weighted by Gasteiger charge is 2.24. The minimum atomic E-state index is -0.547. The molecular weight excluding hydrogens is 310 g/mol. The zero-order chi connectivity index (χ0) is 17.1. The molecule has 2 aromatic carbocycles. The average molecular weight is 329 g/mol. The summed E-state index contributed by atoms with van der Waals surface area (Å²) in [5.41, 5.74) is 5.44. The van der Waals surface area contributed by atoms with Crippen molar-refractivity contribution in [1.82, 2.24) is 10.9 Å². The lowest BCUT2D eigenvalue weighted by atomic mass is 9.95. The fourth-order valence-electron chi connectivity index (χ4n) is 3.00. The Hall–Kier alpha value is -2.68. The number of hydrogen-bond donors (Lipinski definition) is 4. The summed E-state index contributed by atoms with van der Waals surface area (Å²) in [7, 11) is 0. The summed E-state index contributed by atoms with van der Waals surface area (Å²) < 4.78 is 5.39. The second-order valence-corrected chi connectivity index (χ2v) is 5.41. The molecule has 0 bridgehead atoms. The summed E-state index contributed by atoms with van der Waals surface area (Å²) in [5.74, 6) is 9.50. The van der Waals surface area contributed by atoms with Gasteiger partial charge in [-0.25, -0.2) is 11.7 Å². The van der Waals surface area contributed by atoms with Crippen LogP contribution in [0.2, 0.25) is 0 Å². The summed E-state index contributed by atoms with van der Waals surface area (Å²) in [6.07, 6.45) is 0. The molecular formula is C16H19N5O3. The molecule has 0 radical (unpaired) electrons. The lowest BCUT2D eigenvalue weighted by Gasteiger charge is -2.30. The van der Waals surface area contributed by atoms with E-state index in [1.54, 1.807) is 12.1 Å². The van der Waals surface area contributed by atoms with Crippen LogP contribution in [0.15, 0.2) is 30.3 Å². The van der Waals surface area contributed by atoms with Crippen LogP contribution in [0, 0.1) is 0 Å². The molecule has 24 heavy (non-hydrogen) atoms. The molecule has 0 unspecified atom stereocenters. The number of morpholine rings is 1. The lowest BCUT2D eigenvalue weighted by Crippen LogP contribution is -2.38. The van der Waals surface area contributed by atoms with Crippen LogP contribution >= 0.6 is 0 Å². The summed E-state index contributed by atoms with van der Waals surface area (Å²) in [6, 6.07) is 9.08. The van der Waals surface area contributed by atoms with E-state index in [0.29, 0.717) is 31.7 Å². The zero-order valence-corrected chi connectivity index (χ0v) is 13.0. The van der Waals surface area contributed by atoms with E-state index >= 15 is 0 Å². The Kier molecular flexibility index (Phi) is 4.61. The van der Waals surface area contributed by atoms with Gasteiger partial charge in [0.25, 0.3) is 11.8 Å². The van der Waals surface area contributed by atoms with Gasteiger partial charge in [0.1, 0.15) is 0 Å². The molecule has 1 aliphatic heterocycles. The van der Waals surface area contributed by atoms with Gasteiger partial charge in [-0.05, 0) is 11.5 Å². The van der Waals surface area contributed by atoms with Crippen molar-refractivity contribution in [1.29, 1.82) is 0 Å². The highest BCUT2D eigenvalue weighted by Crippen LogP contribution is 2.33. The second kappa shape index (κ2) is 6.83. The maximum atomic E-state index is 12.3. The highest BCUT2D eigenvalue weighted by molar-refractivity contribution is 6.18. The van der Waals surface area contributed by atoms with Crippen molar-refractivity contribution < 1.29 is 14.3 Å². The Morgan fingerprint density at radius 3 is 2.25 bits per heavy atom. The maximum Gasteiger partial charge on any atom is 0.266 e. The van der Waals surface area contributed by atoms with Crippen LogP contribution in [0.5, 0.6) is 0 Å². The maximum absolute atomic E-state index is 12.3. The predicted molar refractivity (Wildman–Crippen MR) is 90.3 cm³/mol. The number of benzene rings is 2. The highest BCUT2D eigenvalue weighted by atomic mass is 16.5. The number of anilines is 1. The van der Waals surface area contributed by atoms with Gasteiger partial charge in [-0.1, -0.05) is 24.3 Å². The topological polar surface area (TPSA) is 123 Å². The molecule has 126 valence electrons. The van der Waals surface area contributed by atoms with E-state index in [9.17, 15) is 9.59 Å². The number of nitrogens with one attached hydrogen (secondary N) is 2. The second-order valence-electron chi connectivity index (χ2n) is 5.41. The van der Waals surface area contributed by atoms with Crippen molar-refractivity contribution in [3.05, 3.63) is 41.5 Å². The van der Waals surface area contributed by atoms with E-state index < -0.39 is 11.8 Å². The van der Waals surface area contributed by atoms with Crippen molar-refractivity contribution in [2.75, 3.05) is 31.2 Å². The van der Waals surface area contributed by atoms with Gasteiger partial charge in [0.05, 0.1) is 24.3 Å². The Morgan fingerprint density at radius 1 is 1.00 bits per heavy atom. The third-order valence-electron chi connectivity index (χ3n) is 4.11. The van der Waals surface area contributed by atoms with Gasteiger partial charge in [0.2, 0.25) is 0 Å². The van der Waals surface area contributed by atoms with E-state index in [2.05, 4.69) is 15.8 Å². The predicted octanol–water partition coefficient (Wildman–Crippen LogP) is -0.117. The quantitative estimate of drug-likeness (QED) is 0.354. The first-order valence-corrected chi connectivity index (χ1v) is 7.57. The van der Waals surface area contributed by atoms with Crippen LogP contribution in [-0.4, -0.2) is 38.1 Å². The van der Waals surface area contributed by atoms with Crippen LogP contribution in [0.25, 0.3) is 10.8 Å². The van der Waals surface area contributed by atoms with Gasteiger partial charge in [-0.2, -0.15) is 0 Å². The molecule has 8 nitrogen and oxygen atoms in total. The normalized spacial score (nSPS) is 14.5. The number of ether oxygens (including phenoxy) is 1. The largest absolute Gasteiger partial charge is 0.378 e. The van der Waals surface area contributed by atoms with Crippen molar-refractivity contribution in [2.45, 2.75) is 0 Å². The number of nitrogens with zero attached hydrogens (tertiary/aromatic N) is 1. The summed E-state index contributed by atoms with van der Waals surface area (Å²) in [4.78, 5) is 26.6. The van der Waals surface area contributed by atoms with Gasteiger partial charge < -0.3 is 9.64 Å². The Balaban J connectivity index is 2.29. The van der Waals surface area contributed by atoms with Crippen molar-refractivity contribution in [2.24, 2.45) is 11.7 Å². The molecule has 1 fully saturated rings. The van der Waals surface area contributed by atoms with Crippen molar-refractivity contribution >= 4 is 28.3 Å². The van der Waals surface area contributed by atoms with Gasteiger partial charge in [-0.15, -0.1) is 0 Å². The molecule has 0 atom stereocenters. The molecule has 1 aliphatic rings. The molecule has 2 aromatic rings. The first-order chi connectivity index (χ1) is 11.7. The van der Waals surface area contributed by atoms with Crippen LogP contribution < -0.4 is 27.4 Å². The monoisotopic (exact) mass is 329 g/mol. The minimum Gasteiger partial charge on any atom is -0.378 e. The first kappa shape index (κ1) is 16.2. The summed E-state index contributed by atoms with van der Waals surface area (Å²) in [6.45, 7) is 2.63. The van der Waals surface area contributed by atoms with E-state index in [4.69, 9.17) is 16.4 Å². The molecule has 0 spiro atoms. The van der Waals surface area contributed by atoms with Crippen molar-refractivity contribution in [3.63, 3.8) is 0 Å². The van der Waals surface area contributed by atoms with Crippen molar-refractivity contribution in [3.8, 4) is 0 Å². The smallest absolute Gasteiger partial charge is 0.266 e. The Morgan fingerprint density at radius 2 is 1.62 bits per heavy atom. The minimum absolute atomic E-state index is 0.181. The number of hydrogen-bond acceptors (Lipinski definition) is 6. The summed E-state index contributed by atoms with van der Waals surface area (Å²) >= 11 is 0. The molecule has 0 saturated carbocycles. The number of carbonyl (C=O) groups excluding carboxylic acids is 2. The SMILES string of the molecule is NNC(=O)c1cc(N2CCOCC2)c2ccccc2c1C(=O)NN. The molecule has 3 rings (SSSR count). The third-order valence-corrected chi connectivity index (χ3v) is 4.11. The van der Waals surface area contributed by atoms with Crippen LogP contribution in [0.1, 0.15) is 20.7 Å². The third kappa shape index (κ3) is 2.78. The van der Waals surface area contributed by atoms with Gasteiger partial charge >= 0.3 is 0 Å². The van der Waals surface area contributed by atoms with E-state index in [1.165, 1.54) is 0 Å². The Labute approximate surface area is 138 Å². The van der Waals surface area contributed by atoms with E-state index in [1.807, 2.05) is 18.2 Å².